The Balaban J connectivity index is 1.33. The van der Waals surface area contributed by atoms with Gasteiger partial charge in [0.25, 0.3) is 0 Å². The van der Waals surface area contributed by atoms with Crippen LogP contribution in [0.1, 0.15) is 52.4 Å². The van der Waals surface area contributed by atoms with E-state index in [0.717, 1.165) is 10.5 Å². The highest BCUT2D eigenvalue weighted by atomic mass is 16.6. The zero-order chi connectivity index (χ0) is 46.5. The maximum Gasteiger partial charge on any atom is 0.421 e. The number of carbonyl (C=O) groups is 4. The van der Waals surface area contributed by atoms with Gasteiger partial charge in [-0.25, -0.2) is 19.7 Å². The van der Waals surface area contributed by atoms with Gasteiger partial charge >= 0.3 is 12.1 Å². The maximum absolute atomic E-state index is 16.4. The average molecular weight is 907 g/mol. The molecule has 1 spiro atoms. The van der Waals surface area contributed by atoms with Gasteiger partial charge in [0, 0.05) is 57.7 Å². The number of ether oxygens (including phenoxy) is 4. The molecule has 4 aromatic carbocycles. The number of amides is 3. The molecule has 0 unspecified atom stereocenters. The normalized spacial score (nSPS) is 23.3. The van der Waals surface area contributed by atoms with Gasteiger partial charge in [0.15, 0.2) is 0 Å². The van der Waals surface area contributed by atoms with Crippen LogP contribution in [-0.2, 0) is 34.0 Å². The molecule has 0 bridgehead atoms. The predicted molar refractivity (Wildman–Crippen MR) is 244 cm³/mol. The van der Waals surface area contributed by atoms with Crippen LogP contribution in [-0.4, -0.2) is 126 Å². The molecule has 0 radical (unpaired) electrons. The summed E-state index contributed by atoms with van der Waals surface area (Å²) in [6.07, 6.45) is 1.56. The van der Waals surface area contributed by atoms with Crippen molar-refractivity contribution in [2.75, 3.05) is 76.1 Å². The van der Waals surface area contributed by atoms with E-state index >= 15 is 14.4 Å². The third-order valence-electron chi connectivity index (χ3n) is 12.9. The molecular formula is C51H50N6O10. The highest BCUT2D eigenvalue weighted by Crippen LogP contribution is 2.66. The SMILES string of the molecule is COCCOC(=O)N1C(=O)[C@@]2(c3cc(C#CCCO)ccc31)[C@H](c1cccc(OCCO)c1)N1[C@H](c3ccccc3)[C@H](c3ccccc3)OC(=O)[C@H]1[C@@H]2C(=O)N1CCN(c2ncccn2)CC1. The lowest BCUT2D eigenvalue weighted by molar-refractivity contribution is -0.179. The van der Waals surface area contributed by atoms with Gasteiger partial charge in [-0.05, 0) is 58.7 Å². The number of benzene rings is 4. The number of aromatic nitrogens is 2. The Hall–Kier alpha value is -7.16. The van der Waals surface area contributed by atoms with E-state index in [1.54, 1.807) is 59.8 Å². The first-order valence-corrected chi connectivity index (χ1v) is 22.3. The summed E-state index contributed by atoms with van der Waals surface area (Å²) >= 11 is 0. The van der Waals surface area contributed by atoms with E-state index in [4.69, 9.17) is 18.9 Å². The molecule has 9 rings (SSSR count). The number of rotatable bonds is 12. The van der Waals surface area contributed by atoms with Crippen LogP contribution in [0.3, 0.4) is 0 Å². The lowest BCUT2D eigenvalue weighted by atomic mass is 9.64. The summed E-state index contributed by atoms with van der Waals surface area (Å²) in [5.41, 5.74) is 0.775. The predicted octanol–water partition coefficient (Wildman–Crippen LogP) is 4.38. The van der Waals surface area contributed by atoms with Gasteiger partial charge in [-0.1, -0.05) is 84.6 Å². The summed E-state index contributed by atoms with van der Waals surface area (Å²) in [5, 5.41) is 19.5. The first-order chi connectivity index (χ1) is 32.8. The Morgan fingerprint density at radius 2 is 1.51 bits per heavy atom. The highest BCUT2D eigenvalue weighted by molar-refractivity contribution is 6.23. The largest absolute Gasteiger partial charge is 0.491 e. The Morgan fingerprint density at radius 1 is 0.791 bits per heavy atom. The molecule has 1 aromatic heterocycles. The summed E-state index contributed by atoms with van der Waals surface area (Å²) in [6, 6.07) is 29.2. The number of anilines is 2. The zero-order valence-electron chi connectivity index (χ0n) is 36.8. The van der Waals surface area contributed by atoms with Crippen molar-refractivity contribution >= 4 is 35.5 Å². The van der Waals surface area contributed by atoms with E-state index in [1.165, 1.54) is 7.11 Å². The van der Waals surface area contributed by atoms with E-state index < -0.39 is 59.4 Å². The Bertz CT molecular complexity index is 2660. The van der Waals surface area contributed by atoms with E-state index in [-0.39, 0.29) is 63.8 Å². The Labute approximate surface area is 387 Å². The van der Waals surface area contributed by atoms with Gasteiger partial charge < -0.3 is 39.0 Å². The molecule has 6 atom stereocenters. The number of piperazine rings is 1. The number of hydrogen-bond donors (Lipinski definition) is 2. The molecule has 3 amide bonds. The van der Waals surface area contributed by atoms with Crippen molar-refractivity contribution in [3.05, 3.63) is 149 Å². The standard InChI is InChI=1S/C51H50N6O10/c1-64-30-31-66-50(63)56-40-20-19-34(12-8-9-27-58)32-39(40)51(48(56)62)41(46(60)54-23-25-55(26-24-54)49-52-21-11-22-53-49)43-47(61)67-44(36-15-6-3-7-16-36)42(35-13-4-2-5-14-35)57(43)45(51)37-17-10-18-38(33-37)65-29-28-59/h2-7,10-11,13-22,32-33,41-45,58-59H,9,23-31H2,1H3/t41-,42-,43-,44+,45+,51-/m1/s1. The molecule has 4 aliphatic rings. The average Bonchev–Trinajstić information content (AvgIpc) is 3.82. The number of aliphatic hydroxyl groups is 2. The number of aliphatic hydroxyl groups excluding tert-OH is 2. The molecule has 3 fully saturated rings. The number of carbonyl (C=O) groups excluding carboxylic acids is 4. The first kappa shape index (κ1) is 45.0. The van der Waals surface area contributed by atoms with Crippen molar-refractivity contribution < 1.29 is 48.3 Å². The number of fused-ring (bicyclic) bond motifs is 3. The van der Waals surface area contributed by atoms with E-state index in [9.17, 15) is 15.0 Å². The minimum atomic E-state index is -2.04. The lowest BCUT2D eigenvalue weighted by Gasteiger charge is -2.46. The molecule has 2 N–H and O–H groups in total. The quantitative estimate of drug-likeness (QED) is 0.102. The lowest BCUT2D eigenvalue weighted by Crippen LogP contribution is -2.59. The first-order valence-electron chi connectivity index (χ1n) is 22.3. The van der Waals surface area contributed by atoms with Gasteiger partial charge in [-0.2, -0.15) is 0 Å². The fraction of sp³-hybridized carbons (Fsp3) is 0.333. The number of esters is 1. The van der Waals surface area contributed by atoms with E-state index in [0.29, 0.717) is 41.5 Å². The summed E-state index contributed by atoms with van der Waals surface area (Å²) in [7, 11) is 1.46. The number of methoxy groups -OCH3 is 1. The molecule has 16 nitrogen and oxygen atoms in total. The molecule has 344 valence electrons. The third kappa shape index (κ3) is 8.25. The molecule has 0 aliphatic carbocycles. The molecule has 4 aliphatic heterocycles. The van der Waals surface area contributed by atoms with Crippen molar-refractivity contribution in [2.45, 2.75) is 36.1 Å². The van der Waals surface area contributed by atoms with Crippen LogP contribution >= 0.6 is 0 Å². The van der Waals surface area contributed by atoms with Crippen LogP contribution in [0.5, 0.6) is 5.75 Å². The zero-order valence-corrected chi connectivity index (χ0v) is 36.8. The molecule has 5 aromatic rings. The second kappa shape index (κ2) is 19.7. The summed E-state index contributed by atoms with van der Waals surface area (Å²) in [6.45, 7) is 0.525. The monoisotopic (exact) mass is 906 g/mol. The molecule has 5 heterocycles. The Morgan fingerprint density at radius 3 is 2.21 bits per heavy atom. The van der Waals surface area contributed by atoms with E-state index in [1.807, 2.05) is 76.5 Å². The second-order valence-electron chi connectivity index (χ2n) is 16.5. The smallest absolute Gasteiger partial charge is 0.421 e. The number of hydrogen-bond acceptors (Lipinski definition) is 14. The van der Waals surface area contributed by atoms with E-state index in [2.05, 4.69) is 21.8 Å². The van der Waals surface area contributed by atoms with Gasteiger partial charge in [-0.3, -0.25) is 19.3 Å². The van der Waals surface area contributed by atoms with Gasteiger partial charge in [0.05, 0.1) is 43.5 Å². The maximum atomic E-state index is 16.4. The topological polar surface area (TPSA) is 184 Å². The minimum absolute atomic E-state index is 0.0273. The molecule has 0 saturated carbocycles. The summed E-state index contributed by atoms with van der Waals surface area (Å²) in [5.74, 6) is 3.44. The fourth-order valence-corrected chi connectivity index (χ4v) is 10.2. The molecule has 67 heavy (non-hydrogen) atoms. The number of cyclic esters (lactones) is 1. The van der Waals surface area contributed by atoms with Crippen LogP contribution in [0.25, 0.3) is 0 Å². The van der Waals surface area contributed by atoms with Crippen molar-refractivity contribution in [3.8, 4) is 17.6 Å². The molecule has 3 saturated heterocycles. The molecular weight excluding hydrogens is 857 g/mol. The third-order valence-corrected chi connectivity index (χ3v) is 12.9. The summed E-state index contributed by atoms with van der Waals surface area (Å²) in [4.78, 5) is 78.0. The van der Waals surface area contributed by atoms with Crippen molar-refractivity contribution in [1.29, 1.82) is 0 Å². The minimum Gasteiger partial charge on any atom is -0.491 e. The van der Waals surface area contributed by atoms with Crippen LogP contribution in [0.2, 0.25) is 0 Å². The van der Waals surface area contributed by atoms with Crippen LogP contribution in [0.4, 0.5) is 16.4 Å². The molecule has 16 heteroatoms. The van der Waals surface area contributed by atoms with Crippen LogP contribution in [0.15, 0.2) is 122 Å². The number of imide groups is 1. The second-order valence-corrected chi connectivity index (χ2v) is 16.5. The highest BCUT2D eigenvalue weighted by Gasteiger charge is 2.76. The van der Waals surface area contributed by atoms with Gasteiger partial charge in [-0.15, -0.1) is 0 Å². The van der Waals surface area contributed by atoms with Crippen LogP contribution < -0.4 is 14.5 Å². The Kier molecular flexibility index (Phi) is 13.3. The summed E-state index contributed by atoms with van der Waals surface area (Å²) < 4.78 is 23.5. The van der Waals surface area contributed by atoms with Crippen molar-refractivity contribution in [1.82, 2.24) is 19.8 Å². The number of nitrogens with zero attached hydrogens (tertiary/aromatic N) is 6. The van der Waals surface area contributed by atoms with Gasteiger partial charge in [0.1, 0.15) is 36.5 Å². The fourth-order valence-electron chi connectivity index (χ4n) is 10.2. The van der Waals surface area contributed by atoms with Crippen molar-refractivity contribution in [3.63, 3.8) is 0 Å². The number of morpholine rings is 1. The van der Waals surface area contributed by atoms with Crippen LogP contribution in [0, 0.1) is 17.8 Å². The van der Waals surface area contributed by atoms with Crippen molar-refractivity contribution in [2.24, 2.45) is 5.92 Å². The van der Waals surface area contributed by atoms with Gasteiger partial charge in [0.2, 0.25) is 17.8 Å².